The van der Waals surface area contributed by atoms with E-state index >= 15 is 0 Å². The van der Waals surface area contributed by atoms with Crippen LogP contribution in [-0.4, -0.2) is 16.4 Å². The number of aliphatic imine (C=N–C) groups is 1. The minimum absolute atomic E-state index is 0.0326. The van der Waals surface area contributed by atoms with E-state index in [1.807, 2.05) is 6.20 Å². The van der Waals surface area contributed by atoms with Gasteiger partial charge in [0.2, 0.25) is 5.90 Å². The molecular weight excluding hydrogens is 651 g/mol. The molecular formula is C48H53N3O2. The van der Waals surface area contributed by atoms with Crippen LogP contribution in [0.3, 0.4) is 0 Å². The topological polar surface area (TPSA) is 47.0 Å². The molecule has 0 saturated carbocycles. The predicted molar refractivity (Wildman–Crippen MR) is 218 cm³/mol. The number of hydrogen-bond acceptors (Lipinski definition) is 5. The second-order valence-electron chi connectivity index (χ2n) is 17.9. The van der Waals surface area contributed by atoms with Crippen molar-refractivity contribution in [2.75, 3.05) is 4.90 Å². The van der Waals surface area contributed by atoms with Crippen molar-refractivity contribution in [1.82, 2.24) is 4.98 Å². The fraction of sp³-hybridized carbons (Fsp3) is 0.375. The Morgan fingerprint density at radius 1 is 0.811 bits per heavy atom. The Balaban J connectivity index is 1.18. The van der Waals surface area contributed by atoms with Crippen molar-refractivity contribution in [3.05, 3.63) is 141 Å². The van der Waals surface area contributed by atoms with Crippen molar-refractivity contribution in [3.63, 3.8) is 0 Å². The molecule has 0 fully saturated rings. The Morgan fingerprint density at radius 3 is 2.30 bits per heavy atom. The molecule has 272 valence electrons. The SMILES string of the molecule is Cc1cc(Oc2cc(C3=N[C@]4(C)Cc5c(ccc(C)c5C)[C@]4(C)O3)cc(C(C)C)c2)cc(N2c3ccc(C(C)(C)C)cc3C(C)(C)c3cccnc32)c1. The summed E-state index contributed by atoms with van der Waals surface area (Å²) >= 11 is 0. The molecule has 2 aliphatic heterocycles. The first-order valence-corrected chi connectivity index (χ1v) is 19.1. The maximum absolute atomic E-state index is 6.93. The third kappa shape index (κ3) is 5.49. The summed E-state index contributed by atoms with van der Waals surface area (Å²) in [7, 11) is 0. The highest BCUT2D eigenvalue weighted by molar-refractivity contribution is 5.97. The van der Waals surface area contributed by atoms with Gasteiger partial charge >= 0.3 is 0 Å². The van der Waals surface area contributed by atoms with Crippen LogP contribution >= 0.6 is 0 Å². The quantitative estimate of drug-likeness (QED) is 0.183. The van der Waals surface area contributed by atoms with Gasteiger partial charge in [-0.3, -0.25) is 4.90 Å². The molecule has 3 heterocycles. The molecule has 0 saturated heterocycles. The molecule has 5 aromatic rings. The summed E-state index contributed by atoms with van der Waals surface area (Å²) in [6, 6.07) is 28.6. The molecule has 1 aromatic heterocycles. The van der Waals surface area contributed by atoms with Crippen molar-refractivity contribution in [2.45, 2.75) is 117 Å². The highest BCUT2D eigenvalue weighted by atomic mass is 16.5. The first-order chi connectivity index (χ1) is 24.9. The minimum Gasteiger partial charge on any atom is -0.464 e. The molecule has 0 spiro atoms. The van der Waals surface area contributed by atoms with E-state index in [1.54, 1.807) is 0 Å². The van der Waals surface area contributed by atoms with Crippen LogP contribution in [0.2, 0.25) is 0 Å². The van der Waals surface area contributed by atoms with Crippen molar-refractivity contribution < 1.29 is 9.47 Å². The van der Waals surface area contributed by atoms with Gasteiger partial charge in [-0.2, -0.15) is 0 Å². The number of anilines is 3. The number of aryl methyl sites for hydroxylation is 2. The molecule has 4 aromatic carbocycles. The zero-order chi connectivity index (χ0) is 37.8. The largest absolute Gasteiger partial charge is 0.464 e. The molecule has 2 atom stereocenters. The molecule has 0 unspecified atom stereocenters. The van der Waals surface area contributed by atoms with Gasteiger partial charge in [-0.05, 0) is 127 Å². The smallest absolute Gasteiger partial charge is 0.217 e. The van der Waals surface area contributed by atoms with Crippen LogP contribution < -0.4 is 9.64 Å². The van der Waals surface area contributed by atoms with Gasteiger partial charge in [-0.1, -0.05) is 78.8 Å². The maximum Gasteiger partial charge on any atom is 0.217 e. The van der Waals surface area contributed by atoms with E-state index in [9.17, 15) is 0 Å². The molecule has 53 heavy (non-hydrogen) atoms. The van der Waals surface area contributed by atoms with E-state index in [-0.39, 0.29) is 22.3 Å². The van der Waals surface area contributed by atoms with E-state index in [0.29, 0.717) is 5.90 Å². The first-order valence-electron chi connectivity index (χ1n) is 19.1. The van der Waals surface area contributed by atoms with Crippen LogP contribution in [0.1, 0.15) is 124 Å². The lowest BCUT2D eigenvalue weighted by molar-refractivity contribution is 0.0450. The van der Waals surface area contributed by atoms with Crippen molar-refractivity contribution in [1.29, 1.82) is 0 Å². The number of pyridine rings is 1. The van der Waals surface area contributed by atoms with Crippen LogP contribution in [0.25, 0.3) is 0 Å². The van der Waals surface area contributed by atoms with Gasteiger partial charge in [0, 0.05) is 40.8 Å². The van der Waals surface area contributed by atoms with E-state index in [4.69, 9.17) is 19.5 Å². The monoisotopic (exact) mass is 703 g/mol. The lowest BCUT2D eigenvalue weighted by Crippen LogP contribution is -2.40. The zero-order valence-electron chi connectivity index (χ0n) is 33.5. The number of nitrogens with zero attached hydrogens (tertiary/aromatic N) is 3. The molecule has 0 radical (unpaired) electrons. The number of hydrogen-bond donors (Lipinski definition) is 0. The van der Waals surface area contributed by atoms with Crippen LogP contribution in [0.5, 0.6) is 11.5 Å². The number of ether oxygens (including phenoxy) is 2. The lowest BCUT2D eigenvalue weighted by atomic mass is 9.72. The van der Waals surface area contributed by atoms with Crippen molar-refractivity contribution >= 4 is 23.1 Å². The average molecular weight is 704 g/mol. The van der Waals surface area contributed by atoms with E-state index in [2.05, 4.69) is 167 Å². The highest BCUT2D eigenvalue weighted by Gasteiger charge is 2.59. The van der Waals surface area contributed by atoms with Gasteiger partial charge in [0.05, 0.1) is 11.4 Å². The fourth-order valence-electron chi connectivity index (χ4n) is 8.70. The van der Waals surface area contributed by atoms with Gasteiger partial charge in [0.15, 0.2) is 5.60 Å². The van der Waals surface area contributed by atoms with E-state index in [1.165, 1.54) is 44.5 Å². The van der Waals surface area contributed by atoms with Crippen LogP contribution in [-0.2, 0) is 27.6 Å². The Hall–Kier alpha value is -4.90. The summed E-state index contributed by atoms with van der Waals surface area (Å²) in [6.07, 6.45) is 2.76. The van der Waals surface area contributed by atoms with Gasteiger partial charge in [0.1, 0.15) is 22.9 Å². The van der Waals surface area contributed by atoms with E-state index in [0.717, 1.165) is 46.2 Å². The second-order valence-corrected chi connectivity index (χ2v) is 17.9. The summed E-state index contributed by atoms with van der Waals surface area (Å²) in [5, 5.41) is 0. The lowest BCUT2D eigenvalue weighted by Gasteiger charge is -2.41. The molecule has 0 N–H and O–H groups in total. The Bertz CT molecular complexity index is 2340. The molecule has 0 bridgehead atoms. The maximum atomic E-state index is 6.93. The van der Waals surface area contributed by atoms with E-state index < -0.39 is 5.60 Å². The van der Waals surface area contributed by atoms with Gasteiger partial charge < -0.3 is 9.47 Å². The third-order valence-corrected chi connectivity index (χ3v) is 12.4. The fourth-order valence-corrected chi connectivity index (χ4v) is 8.70. The Labute approximate surface area is 316 Å². The average Bonchev–Trinajstić information content (AvgIpc) is 3.48. The number of rotatable bonds is 5. The van der Waals surface area contributed by atoms with Gasteiger partial charge in [0.25, 0.3) is 0 Å². The summed E-state index contributed by atoms with van der Waals surface area (Å²) in [5.74, 6) is 3.46. The predicted octanol–water partition coefficient (Wildman–Crippen LogP) is 12.3. The standard InChI is InChI=1S/C48H53N3O2/c1-28(2)32-22-33(44-50-47(11)27-38-31(5)30(4)15-17-39(38)48(47,12)53-44)24-37(23-32)52-36-21-29(3)20-35(26-36)51-42-18-16-34(45(6,7)8)25-41(42)46(9,10)40-14-13-19-49-43(40)51/h13-26,28H,27H2,1-12H3/t47-,48+/m1/s1. The molecule has 5 heteroatoms. The zero-order valence-corrected chi connectivity index (χ0v) is 33.5. The minimum atomic E-state index is -0.534. The normalized spacial score (nSPS) is 21.1. The molecule has 3 aliphatic rings. The molecule has 5 nitrogen and oxygen atoms in total. The van der Waals surface area contributed by atoms with Crippen LogP contribution in [0.15, 0.2) is 90.1 Å². The van der Waals surface area contributed by atoms with Gasteiger partial charge in [-0.25, -0.2) is 9.98 Å². The molecule has 1 aliphatic carbocycles. The highest BCUT2D eigenvalue weighted by Crippen LogP contribution is 2.55. The summed E-state index contributed by atoms with van der Waals surface area (Å²) in [4.78, 5) is 12.6. The second kappa shape index (κ2) is 11.8. The molecule has 8 rings (SSSR count). The molecule has 0 amide bonds. The van der Waals surface area contributed by atoms with Crippen LogP contribution in [0, 0.1) is 20.8 Å². The van der Waals surface area contributed by atoms with Crippen molar-refractivity contribution in [2.24, 2.45) is 4.99 Å². The summed E-state index contributed by atoms with van der Waals surface area (Å²) in [6.45, 7) is 26.9. The van der Waals surface area contributed by atoms with Crippen LogP contribution in [0.4, 0.5) is 17.2 Å². The number of benzene rings is 4. The Kier molecular flexibility index (Phi) is 7.83. The summed E-state index contributed by atoms with van der Waals surface area (Å²) < 4.78 is 13.8. The number of aromatic nitrogens is 1. The van der Waals surface area contributed by atoms with Crippen molar-refractivity contribution in [3.8, 4) is 11.5 Å². The van der Waals surface area contributed by atoms with Gasteiger partial charge in [-0.15, -0.1) is 0 Å². The first kappa shape index (κ1) is 35.1. The third-order valence-electron chi connectivity index (χ3n) is 12.4. The Morgan fingerprint density at radius 2 is 1.57 bits per heavy atom. The number of fused-ring (bicyclic) bond motifs is 5. The summed E-state index contributed by atoms with van der Waals surface area (Å²) in [5.41, 5.74) is 13.4.